The predicted molar refractivity (Wildman–Crippen MR) is 61.4 cm³/mol. The van der Waals surface area contributed by atoms with Crippen molar-refractivity contribution in [2.24, 2.45) is 5.73 Å². The molecule has 0 aliphatic heterocycles. The van der Waals surface area contributed by atoms with Gasteiger partial charge in [0.05, 0.1) is 6.20 Å². The number of hydrogen-bond donors (Lipinski definition) is 3. The van der Waals surface area contributed by atoms with Crippen molar-refractivity contribution in [1.82, 2.24) is 9.97 Å². The maximum atomic E-state index is 11.1. The van der Waals surface area contributed by atoms with E-state index in [1.54, 1.807) is 6.26 Å². The Bertz CT molecular complexity index is 420. The van der Waals surface area contributed by atoms with Gasteiger partial charge in [0.1, 0.15) is 17.6 Å². The van der Waals surface area contributed by atoms with Crippen LogP contribution in [0.25, 0.3) is 0 Å². The molecule has 0 bridgehead atoms. The average Bonchev–Trinajstić information content (AvgIpc) is 3.01. The molecular formula is C9H13N4O2S+. The van der Waals surface area contributed by atoms with Gasteiger partial charge >= 0.3 is 5.16 Å². The SMILES string of the molecule is C[S+](O)c1ncc(C(N)=O)c(NC2CC2)n1. The van der Waals surface area contributed by atoms with E-state index in [0.29, 0.717) is 17.0 Å². The lowest BCUT2D eigenvalue weighted by Crippen LogP contribution is -2.18. The van der Waals surface area contributed by atoms with Gasteiger partial charge < -0.3 is 11.1 Å². The van der Waals surface area contributed by atoms with Crippen LogP contribution in [0.3, 0.4) is 0 Å². The molecule has 86 valence electrons. The summed E-state index contributed by atoms with van der Waals surface area (Å²) in [5.74, 6) is -0.142. The number of nitrogens with two attached hydrogens (primary N) is 1. The van der Waals surface area contributed by atoms with Gasteiger partial charge in [-0.3, -0.25) is 4.79 Å². The number of anilines is 1. The van der Waals surface area contributed by atoms with Crippen molar-refractivity contribution in [2.75, 3.05) is 11.6 Å². The summed E-state index contributed by atoms with van der Waals surface area (Å²) >= 11 is -1.02. The van der Waals surface area contributed by atoms with Crippen molar-refractivity contribution in [3.8, 4) is 0 Å². The van der Waals surface area contributed by atoms with Crippen LogP contribution in [-0.2, 0) is 11.2 Å². The summed E-state index contributed by atoms with van der Waals surface area (Å²) in [7, 11) is 0. The van der Waals surface area contributed by atoms with Crippen LogP contribution in [0.2, 0.25) is 0 Å². The molecule has 16 heavy (non-hydrogen) atoms. The third-order valence-electron chi connectivity index (χ3n) is 2.21. The van der Waals surface area contributed by atoms with Crippen molar-refractivity contribution in [3.63, 3.8) is 0 Å². The van der Waals surface area contributed by atoms with Gasteiger partial charge in [0, 0.05) is 6.04 Å². The number of carbonyl (C=O) groups is 1. The van der Waals surface area contributed by atoms with E-state index in [0.717, 1.165) is 12.8 Å². The second kappa shape index (κ2) is 4.26. The van der Waals surface area contributed by atoms with Crippen LogP contribution in [0.4, 0.5) is 5.82 Å². The van der Waals surface area contributed by atoms with Gasteiger partial charge in [-0.1, -0.05) is 0 Å². The minimum absolute atomic E-state index is 0.265. The number of nitrogens with one attached hydrogen (secondary N) is 1. The fraction of sp³-hybridized carbons (Fsp3) is 0.444. The third-order valence-corrected chi connectivity index (χ3v) is 2.94. The Morgan fingerprint density at radius 1 is 1.69 bits per heavy atom. The largest absolute Gasteiger partial charge is 0.381 e. The zero-order valence-corrected chi connectivity index (χ0v) is 9.62. The van der Waals surface area contributed by atoms with Gasteiger partial charge in [-0.25, -0.2) is 0 Å². The van der Waals surface area contributed by atoms with Gasteiger partial charge in [0.25, 0.3) is 5.91 Å². The maximum Gasteiger partial charge on any atom is 0.381 e. The fourth-order valence-corrected chi connectivity index (χ4v) is 1.65. The molecule has 2 rings (SSSR count). The molecule has 0 saturated heterocycles. The maximum absolute atomic E-state index is 11.1. The fourth-order valence-electron chi connectivity index (χ4n) is 1.22. The van der Waals surface area contributed by atoms with Gasteiger partial charge in [-0.05, 0) is 12.8 Å². The first-order valence-electron chi connectivity index (χ1n) is 4.86. The first kappa shape index (κ1) is 11.2. The number of primary amides is 1. The summed E-state index contributed by atoms with van der Waals surface area (Å²) in [5, 5.41) is 3.42. The van der Waals surface area contributed by atoms with Crippen molar-refractivity contribution in [1.29, 1.82) is 0 Å². The van der Waals surface area contributed by atoms with E-state index in [1.165, 1.54) is 6.20 Å². The molecule has 1 fully saturated rings. The normalized spacial score (nSPS) is 16.9. The van der Waals surface area contributed by atoms with E-state index in [4.69, 9.17) is 5.73 Å². The molecular weight excluding hydrogens is 228 g/mol. The van der Waals surface area contributed by atoms with Gasteiger partial charge in [-0.15, -0.1) is 0 Å². The van der Waals surface area contributed by atoms with Crippen molar-refractivity contribution in [3.05, 3.63) is 11.8 Å². The quantitative estimate of drug-likeness (QED) is 0.517. The monoisotopic (exact) mass is 241 g/mol. The minimum Gasteiger partial charge on any atom is -0.366 e. The summed E-state index contributed by atoms with van der Waals surface area (Å²) in [6.45, 7) is 0. The molecule has 0 spiro atoms. The Balaban J connectivity index is 2.33. The van der Waals surface area contributed by atoms with Crippen LogP contribution >= 0.6 is 0 Å². The standard InChI is InChI=1S/C9H12N4O2S/c1-16(15)9-11-4-6(7(10)14)8(13-9)12-5-2-3-5/h4-5,15H,2-3H2,1H3,(H2-,10,11,12,13,14)/p+1. The highest BCUT2D eigenvalue weighted by Crippen LogP contribution is 2.25. The van der Waals surface area contributed by atoms with Crippen molar-refractivity contribution < 1.29 is 9.35 Å². The second-order valence-electron chi connectivity index (χ2n) is 3.68. The number of nitrogens with zero attached hydrogens (tertiary/aromatic N) is 2. The lowest BCUT2D eigenvalue weighted by Gasteiger charge is -2.06. The third kappa shape index (κ3) is 2.42. The molecule has 1 amide bonds. The lowest BCUT2D eigenvalue weighted by atomic mass is 10.3. The number of aromatic nitrogens is 2. The summed E-state index contributed by atoms with van der Waals surface area (Å²) in [5.41, 5.74) is 5.48. The molecule has 4 N–H and O–H groups in total. The average molecular weight is 241 g/mol. The molecule has 1 unspecified atom stereocenters. The van der Waals surface area contributed by atoms with Crippen LogP contribution in [0.1, 0.15) is 23.2 Å². The highest BCUT2D eigenvalue weighted by Gasteiger charge is 2.26. The predicted octanol–water partition coefficient (Wildman–Crippen LogP) is 0.230. The molecule has 0 aromatic carbocycles. The molecule has 1 aromatic rings. The first-order valence-corrected chi connectivity index (χ1v) is 6.45. The smallest absolute Gasteiger partial charge is 0.366 e. The molecule has 0 radical (unpaired) electrons. The molecule has 1 heterocycles. The Kier molecular flexibility index (Phi) is 2.97. The topological polar surface area (TPSA) is 101 Å². The van der Waals surface area contributed by atoms with Crippen LogP contribution < -0.4 is 11.1 Å². The van der Waals surface area contributed by atoms with Gasteiger partial charge in [-0.2, -0.15) is 14.5 Å². The Hall–Kier alpha value is -1.34. The molecule has 1 aliphatic rings. The molecule has 1 saturated carbocycles. The molecule has 1 aromatic heterocycles. The summed E-state index contributed by atoms with van der Waals surface area (Å²) < 4.78 is 9.39. The molecule has 7 heteroatoms. The number of hydrogen-bond acceptors (Lipinski definition) is 5. The van der Waals surface area contributed by atoms with Crippen LogP contribution in [0, 0.1) is 0 Å². The Labute approximate surface area is 95.8 Å². The molecule has 6 nitrogen and oxygen atoms in total. The Morgan fingerprint density at radius 3 is 2.88 bits per heavy atom. The summed E-state index contributed by atoms with van der Waals surface area (Å²) in [6.07, 6.45) is 5.08. The number of amides is 1. The van der Waals surface area contributed by atoms with Crippen LogP contribution in [0.5, 0.6) is 0 Å². The highest BCUT2D eigenvalue weighted by atomic mass is 32.2. The minimum atomic E-state index is -1.02. The lowest BCUT2D eigenvalue weighted by molar-refractivity contribution is 0.1000. The Morgan fingerprint density at radius 2 is 2.38 bits per heavy atom. The number of rotatable bonds is 4. The summed E-state index contributed by atoms with van der Waals surface area (Å²) in [4.78, 5) is 19.2. The van der Waals surface area contributed by atoms with Crippen molar-refractivity contribution in [2.45, 2.75) is 24.0 Å². The van der Waals surface area contributed by atoms with E-state index in [9.17, 15) is 9.35 Å². The summed E-state index contributed by atoms with van der Waals surface area (Å²) in [6, 6.07) is 0.359. The molecule has 1 atom stereocenters. The number of carbonyl (C=O) groups excluding carboxylic acids is 1. The van der Waals surface area contributed by atoms with E-state index in [1.807, 2.05) is 0 Å². The first-order chi connectivity index (χ1) is 7.58. The van der Waals surface area contributed by atoms with E-state index >= 15 is 0 Å². The van der Waals surface area contributed by atoms with E-state index in [-0.39, 0.29) is 5.56 Å². The van der Waals surface area contributed by atoms with Gasteiger partial charge in [0.15, 0.2) is 0 Å². The zero-order chi connectivity index (χ0) is 11.7. The van der Waals surface area contributed by atoms with Gasteiger partial charge in [0.2, 0.25) is 11.2 Å². The van der Waals surface area contributed by atoms with Crippen LogP contribution in [-0.4, -0.2) is 32.7 Å². The van der Waals surface area contributed by atoms with Crippen molar-refractivity contribution >= 4 is 22.9 Å². The van der Waals surface area contributed by atoms with Crippen LogP contribution in [0.15, 0.2) is 11.4 Å². The highest BCUT2D eigenvalue weighted by molar-refractivity contribution is 7.90. The second-order valence-corrected chi connectivity index (χ2v) is 5.00. The van der Waals surface area contributed by atoms with E-state index in [2.05, 4.69) is 15.3 Å². The van der Waals surface area contributed by atoms with E-state index < -0.39 is 17.1 Å². The molecule has 1 aliphatic carbocycles. The zero-order valence-electron chi connectivity index (χ0n) is 8.80.